The van der Waals surface area contributed by atoms with Crippen molar-refractivity contribution >= 4 is 12.2 Å². The first-order valence-corrected chi connectivity index (χ1v) is 1.61. The van der Waals surface area contributed by atoms with Crippen LogP contribution in [0, 0.1) is 0 Å². The summed E-state index contributed by atoms with van der Waals surface area (Å²) in [5, 5.41) is 15.5. The molecule has 0 aromatic heterocycles. The quantitative estimate of drug-likeness (QED) is 0.263. The monoisotopic (exact) mass is 154 g/mol. The highest BCUT2D eigenvalue weighted by atomic mass is 16.4. The molecule has 0 fully saturated rings. The first-order valence-electron chi connectivity index (χ1n) is 1.61. The molecule has 0 radical (unpaired) electrons. The SMILES string of the molecule is N.N.O=C(O)NNC(=O)O. The molecule has 0 aromatic carbocycles. The molecule has 0 rings (SSSR count). The summed E-state index contributed by atoms with van der Waals surface area (Å²) in [5.41, 5.74) is 2.82. The lowest BCUT2D eigenvalue weighted by Crippen LogP contribution is -2.39. The van der Waals surface area contributed by atoms with Gasteiger partial charge in [0.1, 0.15) is 0 Å². The normalized spacial score (nSPS) is 6.00. The summed E-state index contributed by atoms with van der Waals surface area (Å²) in [6.07, 6.45) is -2.88. The highest BCUT2D eigenvalue weighted by Gasteiger charge is 1.94. The molecular weight excluding hydrogens is 144 g/mol. The van der Waals surface area contributed by atoms with Gasteiger partial charge in [-0.2, -0.15) is 0 Å². The second-order valence-electron chi connectivity index (χ2n) is 0.860. The average molecular weight is 154 g/mol. The summed E-state index contributed by atoms with van der Waals surface area (Å²) in [6, 6.07) is 0. The maximum absolute atomic E-state index is 9.47. The average Bonchev–Trinajstić information content (AvgIpc) is 1.61. The molecule has 0 saturated heterocycles. The van der Waals surface area contributed by atoms with Crippen molar-refractivity contribution in [1.82, 2.24) is 23.2 Å². The Morgan fingerprint density at radius 2 is 1.10 bits per heavy atom. The minimum atomic E-state index is -1.44. The minimum absolute atomic E-state index is 0. The molecule has 10 N–H and O–H groups in total. The van der Waals surface area contributed by atoms with Crippen LogP contribution in [0.15, 0.2) is 0 Å². The van der Waals surface area contributed by atoms with Crippen LogP contribution in [-0.4, -0.2) is 22.4 Å². The van der Waals surface area contributed by atoms with Gasteiger partial charge in [-0.25, -0.2) is 20.4 Å². The van der Waals surface area contributed by atoms with E-state index in [0.29, 0.717) is 0 Å². The van der Waals surface area contributed by atoms with Crippen molar-refractivity contribution in [2.45, 2.75) is 0 Å². The summed E-state index contributed by atoms with van der Waals surface area (Å²) in [6.45, 7) is 0. The Labute approximate surface area is 56.4 Å². The molecule has 10 heavy (non-hydrogen) atoms. The molecule has 62 valence electrons. The van der Waals surface area contributed by atoms with Crippen LogP contribution in [0.25, 0.3) is 0 Å². The van der Waals surface area contributed by atoms with Crippen LogP contribution in [0.3, 0.4) is 0 Å². The molecule has 8 nitrogen and oxygen atoms in total. The maximum Gasteiger partial charge on any atom is 0.423 e. The third kappa shape index (κ3) is 16.1. The summed E-state index contributed by atoms with van der Waals surface area (Å²) in [7, 11) is 0. The molecule has 0 aliphatic carbocycles. The number of amides is 2. The molecular formula is C2H10N4O4. The Balaban J connectivity index is -0.000000245. The largest absolute Gasteiger partial charge is 0.464 e. The van der Waals surface area contributed by atoms with E-state index in [-0.39, 0.29) is 12.3 Å². The van der Waals surface area contributed by atoms with Crippen LogP contribution >= 0.6 is 0 Å². The topological polar surface area (TPSA) is 169 Å². The van der Waals surface area contributed by atoms with E-state index < -0.39 is 12.2 Å². The fourth-order valence-corrected chi connectivity index (χ4v) is 0.107. The first kappa shape index (κ1) is 15.8. The minimum Gasteiger partial charge on any atom is -0.464 e. The van der Waals surface area contributed by atoms with Gasteiger partial charge < -0.3 is 22.5 Å². The number of hydrazine groups is 1. The molecule has 0 aromatic rings. The van der Waals surface area contributed by atoms with Gasteiger partial charge in [0.25, 0.3) is 0 Å². The zero-order chi connectivity index (χ0) is 6.57. The van der Waals surface area contributed by atoms with E-state index >= 15 is 0 Å². The van der Waals surface area contributed by atoms with Crippen molar-refractivity contribution in [3.05, 3.63) is 0 Å². The Morgan fingerprint density at radius 1 is 0.900 bits per heavy atom. The van der Waals surface area contributed by atoms with E-state index in [9.17, 15) is 9.59 Å². The predicted molar refractivity (Wildman–Crippen MR) is 32.4 cm³/mol. The maximum atomic E-state index is 9.47. The Kier molecular flexibility index (Phi) is 11.8. The zero-order valence-electron chi connectivity index (χ0n) is 5.13. The molecule has 8 heteroatoms. The molecule has 0 saturated carbocycles. The molecule has 2 amide bonds. The predicted octanol–water partition coefficient (Wildman–Crippen LogP) is -0.239. The number of hydrogen-bond acceptors (Lipinski definition) is 4. The van der Waals surface area contributed by atoms with Crippen molar-refractivity contribution in [1.29, 1.82) is 0 Å². The molecule has 0 aliphatic rings. The second-order valence-corrected chi connectivity index (χ2v) is 0.860. The van der Waals surface area contributed by atoms with Gasteiger partial charge in [-0.1, -0.05) is 0 Å². The van der Waals surface area contributed by atoms with Crippen LogP contribution in [0.1, 0.15) is 0 Å². The number of rotatable bonds is 0. The van der Waals surface area contributed by atoms with Gasteiger partial charge in [-0.3, -0.25) is 0 Å². The van der Waals surface area contributed by atoms with E-state index in [0.717, 1.165) is 0 Å². The fourth-order valence-electron chi connectivity index (χ4n) is 0.107. The highest BCUT2D eigenvalue weighted by Crippen LogP contribution is 1.55. The standard InChI is InChI=1S/C2H4N2O4.2H3N/c5-1(6)3-4-2(7)8;;/h3-4H,(H,5,6)(H,7,8);2*1H3. The van der Waals surface area contributed by atoms with Crippen molar-refractivity contribution in [3.8, 4) is 0 Å². The lowest BCUT2D eigenvalue weighted by atomic mass is 11.2. The number of hydrogen-bond donors (Lipinski definition) is 6. The number of nitrogens with one attached hydrogen (secondary N) is 2. The van der Waals surface area contributed by atoms with E-state index in [1.165, 1.54) is 10.9 Å². The summed E-state index contributed by atoms with van der Waals surface area (Å²) in [4.78, 5) is 18.9. The van der Waals surface area contributed by atoms with E-state index in [1.54, 1.807) is 0 Å². The van der Waals surface area contributed by atoms with Gasteiger partial charge in [0.15, 0.2) is 0 Å². The van der Waals surface area contributed by atoms with Gasteiger partial charge in [0.2, 0.25) is 0 Å². The van der Waals surface area contributed by atoms with Crippen molar-refractivity contribution in [2.24, 2.45) is 0 Å². The molecule has 0 spiro atoms. The lowest BCUT2D eigenvalue weighted by Gasteiger charge is -1.94. The second kappa shape index (κ2) is 7.46. The van der Waals surface area contributed by atoms with Crippen LogP contribution in [0.4, 0.5) is 9.59 Å². The van der Waals surface area contributed by atoms with Crippen LogP contribution < -0.4 is 23.2 Å². The number of carboxylic acid groups (broad SMARTS) is 2. The van der Waals surface area contributed by atoms with E-state index in [1.807, 2.05) is 0 Å². The van der Waals surface area contributed by atoms with Crippen LogP contribution in [0.2, 0.25) is 0 Å². The summed E-state index contributed by atoms with van der Waals surface area (Å²) >= 11 is 0. The van der Waals surface area contributed by atoms with Crippen LogP contribution in [0.5, 0.6) is 0 Å². The van der Waals surface area contributed by atoms with Gasteiger partial charge in [0, 0.05) is 0 Å². The summed E-state index contributed by atoms with van der Waals surface area (Å²) in [5.74, 6) is 0. The molecule has 0 atom stereocenters. The Hall–Kier alpha value is -1.54. The van der Waals surface area contributed by atoms with Gasteiger partial charge in [-0.05, 0) is 0 Å². The van der Waals surface area contributed by atoms with E-state index in [4.69, 9.17) is 10.2 Å². The van der Waals surface area contributed by atoms with Crippen molar-refractivity contribution in [3.63, 3.8) is 0 Å². The third-order valence-corrected chi connectivity index (χ3v) is 0.276. The smallest absolute Gasteiger partial charge is 0.423 e. The molecule has 0 aliphatic heterocycles. The third-order valence-electron chi connectivity index (χ3n) is 0.276. The molecule has 0 bridgehead atoms. The zero-order valence-corrected chi connectivity index (χ0v) is 5.13. The lowest BCUT2D eigenvalue weighted by molar-refractivity contribution is 0.172. The van der Waals surface area contributed by atoms with Gasteiger partial charge >= 0.3 is 12.2 Å². The van der Waals surface area contributed by atoms with Gasteiger partial charge in [0.05, 0.1) is 0 Å². The Morgan fingerprint density at radius 3 is 1.20 bits per heavy atom. The van der Waals surface area contributed by atoms with Crippen molar-refractivity contribution < 1.29 is 19.8 Å². The highest BCUT2D eigenvalue weighted by molar-refractivity contribution is 5.70. The van der Waals surface area contributed by atoms with E-state index in [2.05, 4.69) is 0 Å². The molecule has 0 heterocycles. The fraction of sp³-hybridized carbons (Fsp3) is 0. The molecule has 0 unspecified atom stereocenters. The summed E-state index contributed by atoms with van der Waals surface area (Å²) < 4.78 is 0. The van der Waals surface area contributed by atoms with Crippen molar-refractivity contribution in [2.75, 3.05) is 0 Å². The first-order chi connectivity index (χ1) is 3.63. The Bertz CT molecular complexity index is 99.8. The number of carbonyl (C=O) groups is 2. The van der Waals surface area contributed by atoms with Crippen LogP contribution in [-0.2, 0) is 0 Å². The van der Waals surface area contributed by atoms with Gasteiger partial charge in [-0.15, -0.1) is 0 Å².